The number of rotatable bonds is 3. The van der Waals surface area contributed by atoms with Crippen LogP contribution in [0.4, 0.5) is 0 Å². The Labute approximate surface area is 147 Å². The third-order valence-corrected chi connectivity index (χ3v) is 5.50. The van der Waals surface area contributed by atoms with Crippen LogP contribution in [-0.4, -0.2) is 15.3 Å². The van der Waals surface area contributed by atoms with Crippen LogP contribution in [0.3, 0.4) is 0 Å². The van der Waals surface area contributed by atoms with Gasteiger partial charge in [-0.3, -0.25) is 9.20 Å². The summed E-state index contributed by atoms with van der Waals surface area (Å²) in [5.41, 5.74) is 3.76. The third kappa shape index (κ3) is 2.46. The van der Waals surface area contributed by atoms with Crippen molar-refractivity contribution in [1.82, 2.24) is 14.7 Å². The maximum Gasteiger partial charge on any atom is 0.263 e. The van der Waals surface area contributed by atoms with Crippen molar-refractivity contribution < 1.29 is 4.79 Å². The number of imidazole rings is 1. The highest BCUT2D eigenvalue weighted by molar-refractivity contribution is 7.19. The summed E-state index contributed by atoms with van der Waals surface area (Å²) < 4.78 is 2.03. The molecule has 0 aliphatic carbocycles. The third-order valence-electron chi connectivity index (χ3n) is 3.99. The second-order valence-corrected chi connectivity index (χ2v) is 6.89. The number of aromatic nitrogens is 2. The van der Waals surface area contributed by atoms with E-state index in [1.165, 1.54) is 11.3 Å². The van der Waals surface area contributed by atoms with E-state index in [9.17, 15) is 4.79 Å². The zero-order chi connectivity index (χ0) is 16.7. The SMILES string of the molecule is Cc1c(C(=O)NCc2ccccc2Cl)sc2nc3ccccc3n12. The number of halogens is 1. The van der Waals surface area contributed by atoms with Crippen molar-refractivity contribution in [3.05, 3.63) is 69.7 Å². The Hall–Kier alpha value is -2.37. The number of nitrogens with one attached hydrogen (secondary N) is 1. The van der Waals surface area contributed by atoms with Crippen LogP contribution in [-0.2, 0) is 6.54 Å². The molecule has 0 radical (unpaired) electrons. The molecule has 2 aromatic heterocycles. The number of benzene rings is 2. The first kappa shape index (κ1) is 15.2. The summed E-state index contributed by atoms with van der Waals surface area (Å²) in [5, 5.41) is 3.60. The summed E-state index contributed by atoms with van der Waals surface area (Å²) >= 11 is 7.54. The van der Waals surface area contributed by atoms with Gasteiger partial charge in [-0.1, -0.05) is 53.3 Å². The molecule has 0 saturated heterocycles. The van der Waals surface area contributed by atoms with Crippen molar-refractivity contribution in [2.75, 3.05) is 0 Å². The summed E-state index contributed by atoms with van der Waals surface area (Å²) in [4.78, 5) is 18.7. The fourth-order valence-electron chi connectivity index (χ4n) is 2.77. The van der Waals surface area contributed by atoms with Gasteiger partial charge in [0.25, 0.3) is 5.91 Å². The number of carbonyl (C=O) groups is 1. The first-order chi connectivity index (χ1) is 11.6. The summed E-state index contributed by atoms with van der Waals surface area (Å²) in [6, 6.07) is 15.4. The second kappa shape index (κ2) is 5.92. The van der Waals surface area contributed by atoms with E-state index < -0.39 is 0 Å². The topological polar surface area (TPSA) is 46.4 Å². The number of hydrogen-bond acceptors (Lipinski definition) is 3. The molecule has 0 saturated carbocycles. The highest BCUT2D eigenvalue weighted by Gasteiger charge is 2.18. The van der Waals surface area contributed by atoms with Gasteiger partial charge in [-0.2, -0.15) is 0 Å². The molecule has 0 atom stereocenters. The van der Waals surface area contributed by atoms with Crippen molar-refractivity contribution in [2.24, 2.45) is 0 Å². The van der Waals surface area contributed by atoms with E-state index in [-0.39, 0.29) is 5.91 Å². The monoisotopic (exact) mass is 355 g/mol. The lowest BCUT2D eigenvalue weighted by molar-refractivity contribution is 0.0954. The summed E-state index contributed by atoms with van der Waals surface area (Å²) in [5.74, 6) is -0.105. The van der Waals surface area contributed by atoms with Crippen molar-refractivity contribution in [3.63, 3.8) is 0 Å². The Kier molecular flexibility index (Phi) is 3.75. The van der Waals surface area contributed by atoms with Crippen molar-refractivity contribution >= 4 is 44.8 Å². The van der Waals surface area contributed by atoms with Crippen LogP contribution >= 0.6 is 22.9 Å². The van der Waals surface area contributed by atoms with Gasteiger partial charge in [-0.05, 0) is 30.7 Å². The lowest BCUT2D eigenvalue weighted by Crippen LogP contribution is -2.22. The molecule has 0 aliphatic heterocycles. The smallest absolute Gasteiger partial charge is 0.263 e. The van der Waals surface area contributed by atoms with E-state index in [1.807, 2.05) is 59.9 Å². The van der Waals surface area contributed by atoms with Crippen LogP contribution in [0.2, 0.25) is 5.02 Å². The van der Waals surface area contributed by atoms with Crippen LogP contribution in [0.25, 0.3) is 16.0 Å². The predicted octanol–water partition coefficient (Wildman–Crippen LogP) is 4.44. The molecular formula is C18H14ClN3OS. The van der Waals surface area contributed by atoms with E-state index in [2.05, 4.69) is 10.3 Å². The van der Waals surface area contributed by atoms with E-state index >= 15 is 0 Å². The number of carbonyl (C=O) groups excluding carboxylic acids is 1. The molecule has 6 heteroatoms. The quantitative estimate of drug-likeness (QED) is 0.590. The van der Waals surface area contributed by atoms with Gasteiger partial charge >= 0.3 is 0 Å². The average molecular weight is 356 g/mol. The van der Waals surface area contributed by atoms with Crippen LogP contribution in [0.15, 0.2) is 48.5 Å². The van der Waals surface area contributed by atoms with Gasteiger partial charge < -0.3 is 5.32 Å². The molecule has 4 aromatic rings. The maximum atomic E-state index is 12.6. The van der Waals surface area contributed by atoms with Crippen molar-refractivity contribution in [3.8, 4) is 0 Å². The lowest BCUT2D eigenvalue weighted by Gasteiger charge is -2.06. The van der Waals surface area contributed by atoms with E-state index in [4.69, 9.17) is 11.6 Å². The molecule has 0 aliphatic rings. The average Bonchev–Trinajstić information content (AvgIpc) is 3.11. The van der Waals surface area contributed by atoms with Crippen LogP contribution in [0.5, 0.6) is 0 Å². The fourth-order valence-corrected chi connectivity index (χ4v) is 4.03. The van der Waals surface area contributed by atoms with E-state index in [1.54, 1.807) is 0 Å². The zero-order valence-electron chi connectivity index (χ0n) is 12.9. The minimum Gasteiger partial charge on any atom is -0.347 e. The van der Waals surface area contributed by atoms with Crippen molar-refractivity contribution in [2.45, 2.75) is 13.5 Å². The number of aryl methyl sites for hydroxylation is 1. The molecule has 2 aromatic carbocycles. The highest BCUT2D eigenvalue weighted by atomic mass is 35.5. The molecule has 1 amide bonds. The van der Waals surface area contributed by atoms with Gasteiger partial charge in [0, 0.05) is 17.3 Å². The maximum absolute atomic E-state index is 12.6. The Morgan fingerprint density at radius 2 is 1.96 bits per heavy atom. The van der Waals surface area contributed by atoms with Crippen LogP contribution in [0.1, 0.15) is 20.9 Å². The first-order valence-corrected chi connectivity index (χ1v) is 8.73. The van der Waals surface area contributed by atoms with Gasteiger partial charge in [0.15, 0.2) is 4.96 Å². The first-order valence-electron chi connectivity index (χ1n) is 7.53. The molecule has 0 fully saturated rings. The Balaban J connectivity index is 1.65. The molecule has 120 valence electrons. The Bertz CT molecular complexity index is 1070. The second-order valence-electron chi connectivity index (χ2n) is 5.51. The Morgan fingerprint density at radius 3 is 2.79 bits per heavy atom. The summed E-state index contributed by atoms with van der Waals surface area (Å²) in [6.45, 7) is 2.35. The summed E-state index contributed by atoms with van der Waals surface area (Å²) in [7, 11) is 0. The highest BCUT2D eigenvalue weighted by Crippen LogP contribution is 2.27. The molecule has 24 heavy (non-hydrogen) atoms. The van der Waals surface area contributed by atoms with Gasteiger partial charge in [0.1, 0.15) is 4.88 Å². The van der Waals surface area contributed by atoms with Crippen LogP contribution in [0, 0.1) is 6.92 Å². The van der Waals surface area contributed by atoms with Gasteiger partial charge in [-0.15, -0.1) is 0 Å². The predicted molar refractivity (Wildman–Crippen MR) is 97.9 cm³/mol. The number of fused-ring (bicyclic) bond motifs is 3. The Morgan fingerprint density at radius 1 is 1.21 bits per heavy atom. The minimum absolute atomic E-state index is 0.105. The van der Waals surface area contributed by atoms with Gasteiger partial charge in [0.05, 0.1) is 11.0 Å². The minimum atomic E-state index is -0.105. The molecule has 2 heterocycles. The molecule has 0 spiro atoms. The standard InChI is InChI=1S/C18H14ClN3OS/c1-11-16(17(23)20-10-12-6-2-3-7-13(12)19)24-18-21-14-8-4-5-9-15(14)22(11)18/h2-9H,10H2,1H3,(H,20,23). The zero-order valence-corrected chi connectivity index (χ0v) is 14.5. The number of para-hydroxylation sites is 2. The van der Waals surface area contributed by atoms with Gasteiger partial charge in [0.2, 0.25) is 0 Å². The number of nitrogens with zero attached hydrogens (tertiary/aromatic N) is 2. The van der Waals surface area contributed by atoms with Crippen LogP contribution < -0.4 is 5.32 Å². The fraction of sp³-hybridized carbons (Fsp3) is 0.111. The molecule has 0 bridgehead atoms. The molecule has 1 N–H and O–H groups in total. The molecule has 0 unspecified atom stereocenters. The van der Waals surface area contributed by atoms with Gasteiger partial charge in [-0.25, -0.2) is 4.98 Å². The van der Waals surface area contributed by atoms with E-state index in [0.717, 1.165) is 27.3 Å². The molecule has 4 rings (SSSR count). The van der Waals surface area contributed by atoms with Crippen molar-refractivity contribution in [1.29, 1.82) is 0 Å². The summed E-state index contributed by atoms with van der Waals surface area (Å²) in [6.07, 6.45) is 0. The molecular weight excluding hydrogens is 342 g/mol. The number of hydrogen-bond donors (Lipinski definition) is 1. The van der Waals surface area contributed by atoms with E-state index in [0.29, 0.717) is 16.4 Å². The normalized spacial score (nSPS) is 11.2. The lowest BCUT2D eigenvalue weighted by atomic mass is 10.2. The number of amides is 1. The molecule has 4 nitrogen and oxygen atoms in total. The largest absolute Gasteiger partial charge is 0.347 e. The number of thiazole rings is 1.